The molecule has 2 nitrogen and oxygen atoms in total. The molecule has 0 bridgehead atoms. The van der Waals surface area contributed by atoms with Crippen molar-refractivity contribution in [2.45, 2.75) is 12.8 Å². The molecule has 2 heteroatoms. The molecule has 0 N–H and O–H groups in total. The number of furan rings is 1. The molecule has 1 atom stereocenters. The Morgan fingerprint density at radius 1 is 0.645 bits per heavy atom. The SMILES string of the molecule is CC(c1ccccc1)c1ccnc(-c2cccc3c2oc2c4ccccc4ccc32)c1. The smallest absolute Gasteiger partial charge is 0.144 e. The van der Waals surface area contributed by atoms with Gasteiger partial charge in [-0.3, -0.25) is 4.98 Å². The Labute approximate surface area is 180 Å². The number of rotatable bonds is 3. The van der Waals surface area contributed by atoms with Crippen LogP contribution in [0.15, 0.2) is 108 Å². The average molecular weight is 399 g/mol. The summed E-state index contributed by atoms with van der Waals surface area (Å²) >= 11 is 0. The summed E-state index contributed by atoms with van der Waals surface area (Å²) in [4.78, 5) is 4.71. The number of nitrogens with zero attached hydrogens (tertiary/aromatic N) is 1. The highest BCUT2D eigenvalue weighted by Gasteiger charge is 2.16. The molecular weight excluding hydrogens is 378 g/mol. The van der Waals surface area contributed by atoms with Crippen LogP contribution in [0.25, 0.3) is 44.0 Å². The summed E-state index contributed by atoms with van der Waals surface area (Å²) in [5.74, 6) is 0.293. The summed E-state index contributed by atoms with van der Waals surface area (Å²) in [6, 6.07) is 33.9. The molecule has 6 aromatic rings. The second-order valence-electron chi connectivity index (χ2n) is 8.05. The van der Waals surface area contributed by atoms with E-state index in [1.165, 1.54) is 16.5 Å². The quantitative estimate of drug-likeness (QED) is 0.302. The van der Waals surface area contributed by atoms with Gasteiger partial charge in [-0.1, -0.05) is 79.7 Å². The summed E-state index contributed by atoms with van der Waals surface area (Å²) in [6.45, 7) is 2.24. The molecule has 148 valence electrons. The molecule has 0 aliphatic heterocycles. The fourth-order valence-corrected chi connectivity index (χ4v) is 4.53. The van der Waals surface area contributed by atoms with Crippen molar-refractivity contribution in [1.82, 2.24) is 4.98 Å². The maximum absolute atomic E-state index is 6.50. The number of benzene rings is 4. The molecule has 0 aliphatic carbocycles. The molecule has 0 amide bonds. The Balaban J connectivity index is 1.54. The molecule has 31 heavy (non-hydrogen) atoms. The maximum Gasteiger partial charge on any atom is 0.144 e. The van der Waals surface area contributed by atoms with E-state index in [9.17, 15) is 0 Å². The van der Waals surface area contributed by atoms with Crippen LogP contribution in [-0.4, -0.2) is 4.98 Å². The lowest BCUT2D eigenvalue weighted by atomic mass is 9.92. The zero-order valence-electron chi connectivity index (χ0n) is 17.2. The molecule has 0 fully saturated rings. The molecule has 0 aliphatic rings. The summed E-state index contributed by atoms with van der Waals surface area (Å²) in [5.41, 5.74) is 6.34. The number of fused-ring (bicyclic) bond motifs is 5. The third kappa shape index (κ3) is 2.91. The van der Waals surface area contributed by atoms with Crippen molar-refractivity contribution in [3.63, 3.8) is 0 Å². The topological polar surface area (TPSA) is 26.0 Å². The van der Waals surface area contributed by atoms with Crippen molar-refractivity contribution < 1.29 is 4.42 Å². The Kier molecular flexibility index (Phi) is 4.10. The highest BCUT2D eigenvalue weighted by molar-refractivity contribution is 6.17. The maximum atomic E-state index is 6.50. The van der Waals surface area contributed by atoms with Crippen LogP contribution in [0.2, 0.25) is 0 Å². The van der Waals surface area contributed by atoms with Gasteiger partial charge in [0.2, 0.25) is 0 Å². The van der Waals surface area contributed by atoms with Gasteiger partial charge in [0.15, 0.2) is 0 Å². The second kappa shape index (κ2) is 7.10. The van der Waals surface area contributed by atoms with Gasteiger partial charge < -0.3 is 4.42 Å². The van der Waals surface area contributed by atoms with Crippen molar-refractivity contribution in [1.29, 1.82) is 0 Å². The van der Waals surface area contributed by atoms with Crippen LogP contribution in [0.4, 0.5) is 0 Å². The van der Waals surface area contributed by atoms with Crippen LogP contribution in [0, 0.1) is 0 Å². The largest absolute Gasteiger partial charge is 0.455 e. The van der Waals surface area contributed by atoms with Gasteiger partial charge in [0, 0.05) is 33.8 Å². The van der Waals surface area contributed by atoms with Crippen molar-refractivity contribution in [3.05, 3.63) is 114 Å². The monoisotopic (exact) mass is 399 g/mol. The summed E-state index contributed by atoms with van der Waals surface area (Å²) in [7, 11) is 0. The van der Waals surface area contributed by atoms with Gasteiger partial charge in [-0.25, -0.2) is 0 Å². The Bertz CT molecular complexity index is 1550. The fourth-order valence-electron chi connectivity index (χ4n) is 4.53. The highest BCUT2D eigenvalue weighted by Crippen LogP contribution is 2.38. The third-order valence-corrected chi connectivity index (χ3v) is 6.25. The van der Waals surface area contributed by atoms with Gasteiger partial charge >= 0.3 is 0 Å². The van der Waals surface area contributed by atoms with Crippen molar-refractivity contribution in [2.24, 2.45) is 0 Å². The Morgan fingerprint density at radius 3 is 2.32 bits per heavy atom. The van der Waals surface area contributed by atoms with Crippen LogP contribution in [-0.2, 0) is 0 Å². The highest BCUT2D eigenvalue weighted by atomic mass is 16.3. The van der Waals surface area contributed by atoms with E-state index < -0.39 is 0 Å². The first kappa shape index (κ1) is 17.9. The van der Waals surface area contributed by atoms with Crippen LogP contribution >= 0.6 is 0 Å². The van der Waals surface area contributed by atoms with Gasteiger partial charge in [0.05, 0.1) is 5.69 Å². The summed E-state index contributed by atoms with van der Waals surface area (Å²) < 4.78 is 6.50. The van der Waals surface area contributed by atoms with E-state index in [1.807, 2.05) is 6.20 Å². The minimum atomic E-state index is 0.293. The van der Waals surface area contributed by atoms with Crippen LogP contribution in [0.3, 0.4) is 0 Å². The molecular formula is C29H21NO. The van der Waals surface area contributed by atoms with E-state index in [0.717, 1.165) is 38.6 Å². The van der Waals surface area contributed by atoms with E-state index in [2.05, 4.69) is 104 Å². The third-order valence-electron chi connectivity index (χ3n) is 6.25. The first-order valence-corrected chi connectivity index (χ1v) is 10.6. The number of hydrogen-bond donors (Lipinski definition) is 0. The van der Waals surface area contributed by atoms with Gasteiger partial charge in [0.1, 0.15) is 11.2 Å². The van der Waals surface area contributed by atoms with E-state index in [1.54, 1.807) is 0 Å². The molecule has 0 spiro atoms. The number of hydrogen-bond acceptors (Lipinski definition) is 2. The lowest BCUT2D eigenvalue weighted by Gasteiger charge is -2.13. The first-order valence-electron chi connectivity index (χ1n) is 10.6. The van der Waals surface area contributed by atoms with Gasteiger partial charge in [-0.05, 0) is 40.8 Å². The van der Waals surface area contributed by atoms with Gasteiger partial charge in [-0.2, -0.15) is 0 Å². The molecule has 4 aromatic carbocycles. The first-order chi connectivity index (χ1) is 15.3. The minimum Gasteiger partial charge on any atom is -0.455 e. The van der Waals surface area contributed by atoms with E-state index in [-0.39, 0.29) is 0 Å². The van der Waals surface area contributed by atoms with Crippen LogP contribution in [0.1, 0.15) is 24.0 Å². The van der Waals surface area contributed by atoms with Gasteiger partial charge in [0.25, 0.3) is 0 Å². The summed E-state index contributed by atoms with van der Waals surface area (Å²) in [5, 5.41) is 4.60. The fraction of sp³-hybridized carbons (Fsp3) is 0.0690. The van der Waals surface area contributed by atoms with Crippen molar-refractivity contribution >= 4 is 32.7 Å². The van der Waals surface area contributed by atoms with Crippen molar-refractivity contribution in [2.75, 3.05) is 0 Å². The lowest BCUT2D eigenvalue weighted by molar-refractivity contribution is 0.673. The molecule has 1 unspecified atom stereocenters. The van der Waals surface area contributed by atoms with Crippen LogP contribution in [0.5, 0.6) is 0 Å². The van der Waals surface area contributed by atoms with Crippen molar-refractivity contribution in [3.8, 4) is 11.3 Å². The predicted octanol–water partition coefficient (Wildman–Crippen LogP) is 7.95. The molecule has 0 saturated heterocycles. The Hall–Kier alpha value is -3.91. The second-order valence-corrected chi connectivity index (χ2v) is 8.05. The standard InChI is InChI=1S/C29H21NO/c1-19(20-8-3-2-4-9-20)22-16-17-30-27(18-22)26-13-7-12-24-25-15-14-21-10-5-6-11-23(21)28(25)31-29(24)26/h2-19H,1H3. The summed E-state index contributed by atoms with van der Waals surface area (Å²) in [6.07, 6.45) is 1.90. The Morgan fingerprint density at radius 2 is 1.42 bits per heavy atom. The predicted molar refractivity (Wildman–Crippen MR) is 128 cm³/mol. The molecule has 0 radical (unpaired) electrons. The molecule has 0 saturated carbocycles. The van der Waals surface area contributed by atoms with E-state index in [4.69, 9.17) is 9.40 Å². The number of pyridine rings is 1. The molecule has 6 rings (SSSR count). The molecule has 2 aromatic heterocycles. The normalized spacial score (nSPS) is 12.5. The molecule has 2 heterocycles. The van der Waals surface area contributed by atoms with Crippen LogP contribution < -0.4 is 0 Å². The zero-order valence-corrected chi connectivity index (χ0v) is 17.2. The van der Waals surface area contributed by atoms with Gasteiger partial charge in [-0.15, -0.1) is 0 Å². The number of aromatic nitrogens is 1. The average Bonchev–Trinajstić information content (AvgIpc) is 3.23. The number of para-hydroxylation sites is 1. The lowest BCUT2D eigenvalue weighted by Crippen LogP contribution is -1.97. The zero-order chi connectivity index (χ0) is 20.8. The van der Waals surface area contributed by atoms with E-state index in [0.29, 0.717) is 5.92 Å². The van der Waals surface area contributed by atoms with E-state index >= 15 is 0 Å². The minimum absolute atomic E-state index is 0.293.